The molecule has 0 amide bonds. The van der Waals surface area contributed by atoms with Gasteiger partial charge in [-0.05, 0) is 40.0 Å². The molecule has 2 heterocycles. The second kappa shape index (κ2) is 6.11. The first kappa shape index (κ1) is 13.2. The maximum atomic E-state index is 4.45. The summed E-state index contributed by atoms with van der Waals surface area (Å²) in [5.74, 6) is 0.837. The van der Waals surface area contributed by atoms with Crippen LogP contribution in [0, 0.1) is 0 Å². The van der Waals surface area contributed by atoms with Gasteiger partial charge in [0.1, 0.15) is 0 Å². The molecule has 0 saturated carbocycles. The summed E-state index contributed by atoms with van der Waals surface area (Å²) >= 11 is 0. The Kier molecular flexibility index (Phi) is 4.49. The molecule has 18 heavy (non-hydrogen) atoms. The van der Waals surface area contributed by atoms with Crippen LogP contribution in [0.5, 0.6) is 0 Å². The van der Waals surface area contributed by atoms with Gasteiger partial charge in [-0.3, -0.25) is 0 Å². The van der Waals surface area contributed by atoms with Crippen LogP contribution in [0.1, 0.15) is 18.4 Å². The molecule has 2 rings (SSSR count). The number of nitrogens with zero attached hydrogens (tertiary/aromatic N) is 4. The molecule has 1 saturated heterocycles. The summed E-state index contributed by atoms with van der Waals surface area (Å²) < 4.78 is 0. The maximum Gasteiger partial charge on any atom is 0.225 e. The Morgan fingerprint density at radius 2 is 1.94 bits per heavy atom. The molecule has 1 N–H and O–H groups in total. The Hall–Kier alpha value is -1.20. The monoisotopic (exact) mass is 249 g/mol. The number of anilines is 1. The van der Waals surface area contributed by atoms with Crippen molar-refractivity contribution in [2.24, 2.45) is 0 Å². The van der Waals surface area contributed by atoms with Gasteiger partial charge < -0.3 is 15.1 Å². The number of rotatable bonds is 4. The summed E-state index contributed by atoms with van der Waals surface area (Å²) in [5, 5.41) is 3.10. The summed E-state index contributed by atoms with van der Waals surface area (Å²) in [7, 11) is 6.21. The van der Waals surface area contributed by atoms with Gasteiger partial charge in [-0.1, -0.05) is 0 Å². The van der Waals surface area contributed by atoms with Gasteiger partial charge in [0.05, 0.1) is 0 Å². The van der Waals surface area contributed by atoms with Crippen molar-refractivity contribution in [3.63, 3.8) is 0 Å². The van der Waals surface area contributed by atoms with E-state index < -0.39 is 0 Å². The fourth-order valence-electron chi connectivity index (χ4n) is 2.37. The Labute approximate surface area is 109 Å². The molecule has 1 aliphatic rings. The Morgan fingerprint density at radius 3 is 2.50 bits per heavy atom. The standard InChI is InChI=1S/C13H23N5/c1-14-8-11-9-15-13(16-10-11)18(3)12-4-6-17(2)7-5-12/h9-10,12,14H,4-8H2,1-3H3. The zero-order chi connectivity index (χ0) is 13.0. The van der Waals surface area contributed by atoms with Crippen LogP contribution < -0.4 is 10.2 Å². The third kappa shape index (κ3) is 3.17. The van der Waals surface area contributed by atoms with Gasteiger partial charge >= 0.3 is 0 Å². The summed E-state index contributed by atoms with van der Waals surface area (Å²) in [5.41, 5.74) is 1.12. The minimum atomic E-state index is 0.566. The van der Waals surface area contributed by atoms with Gasteiger partial charge in [-0.15, -0.1) is 0 Å². The zero-order valence-electron chi connectivity index (χ0n) is 11.6. The van der Waals surface area contributed by atoms with Crippen LogP contribution in [0.2, 0.25) is 0 Å². The first-order valence-corrected chi connectivity index (χ1v) is 6.57. The van der Waals surface area contributed by atoms with Crippen molar-refractivity contribution in [2.75, 3.05) is 39.1 Å². The average Bonchev–Trinajstić information content (AvgIpc) is 2.40. The Bertz CT molecular complexity index is 356. The number of aromatic nitrogens is 2. The molecule has 0 aliphatic carbocycles. The molecule has 1 aliphatic heterocycles. The third-order valence-electron chi connectivity index (χ3n) is 3.62. The van der Waals surface area contributed by atoms with E-state index in [2.05, 4.69) is 39.2 Å². The smallest absolute Gasteiger partial charge is 0.225 e. The van der Waals surface area contributed by atoms with Crippen LogP contribution in [0.25, 0.3) is 0 Å². The minimum Gasteiger partial charge on any atom is -0.341 e. The third-order valence-corrected chi connectivity index (χ3v) is 3.62. The SMILES string of the molecule is CNCc1cnc(N(C)C2CCN(C)CC2)nc1. The lowest BCUT2D eigenvalue weighted by Gasteiger charge is -2.35. The first-order valence-electron chi connectivity index (χ1n) is 6.57. The quantitative estimate of drug-likeness (QED) is 0.852. The van der Waals surface area contributed by atoms with E-state index in [0.717, 1.165) is 31.1 Å². The number of hydrogen-bond donors (Lipinski definition) is 1. The summed E-state index contributed by atoms with van der Waals surface area (Å²) in [6, 6.07) is 0.566. The van der Waals surface area contributed by atoms with E-state index in [1.54, 1.807) is 0 Å². The van der Waals surface area contributed by atoms with Crippen LogP contribution in [-0.4, -0.2) is 55.1 Å². The fourth-order valence-corrected chi connectivity index (χ4v) is 2.37. The second-order valence-electron chi connectivity index (χ2n) is 5.07. The van der Waals surface area contributed by atoms with Crippen molar-refractivity contribution < 1.29 is 0 Å². The van der Waals surface area contributed by atoms with Crippen molar-refractivity contribution in [1.82, 2.24) is 20.2 Å². The molecule has 1 fully saturated rings. The molecule has 0 unspecified atom stereocenters. The second-order valence-corrected chi connectivity index (χ2v) is 5.07. The van der Waals surface area contributed by atoms with Crippen molar-refractivity contribution in [2.45, 2.75) is 25.4 Å². The van der Waals surface area contributed by atoms with E-state index in [-0.39, 0.29) is 0 Å². The van der Waals surface area contributed by atoms with Gasteiger partial charge in [0, 0.05) is 37.6 Å². The number of nitrogens with one attached hydrogen (secondary N) is 1. The Morgan fingerprint density at radius 1 is 1.33 bits per heavy atom. The Balaban J connectivity index is 1.97. The van der Waals surface area contributed by atoms with Crippen molar-refractivity contribution in [3.8, 4) is 0 Å². The van der Waals surface area contributed by atoms with Crippen LogP contribution >= 0.6 is 0 Å². The van der Waals surface area contributed by atoms with E-state index in [9.17, 15) is 0 Å². The molecule has 0 bridgehead atoms. The highest BCUT2D eigenvalue weighted by Gasteiger charge is 2.21. The average molecular weight is 249 g/mol. The largest absolute Gasteiger partial charge is 0.341 e. The predicted molar refractivity (Wildman–Crippen MR) is 73.7 cm³/mol. The highest BCUT2D eigenvalue weighted by Crippen LogP contribution is 2.18. The van der Waals surface area contributed by atoms with E-state index in [4.69, 9.17) is 0 Å². The maximum absolute atomic E-state index is 4.45. The highest BCUT2D eigenvalue weighted by molar-refractivity contribution is 5.30. The van der Waals surface area contributed by atoms with Crippen LogP contribution in [0.4, 0.5) is 5.95 Å². The van der Waals surface area contributed by atoms with E-state index >= 15 is 0 Å². The summed E-state index contributed by atoms with van der Waals surface area (Å²) in [4.78, 5) is 13.5. The molecule has 1 aromatic heterocycles. The molecule has 5 nitrogen and oxygen atoms in total. The normalized spacial score (nSPS) is 17.9. The fraction of sp³-hybridized carbons (Fsp3) is 0.692. The zero-order valence-corrected chi connectivity index (χ0v) is 11.6. The molecule has 0 radical (unpaired) electrons. The lowest BCUT2D eigenvalue weighted by molar-refractivity contribution is 0.252. The molecular weight excluding hydrogens is 226 g/mol. The van der Waals surface area contributed by atoms with Crippen molar-refractivity contribution >= 4 is 5.95 Å². The molecule has 100 valence electrons. The van der Waals surface area contributed by atoms with Crippen LogP contribution in [0.15, 0.2) is 12.4 Å². The number of hydrogen-bond acceptors (Lipinski definition) is 5. The lowest BCUT2D eigenvalue weighted by Crippen LogP contribution is -2.42. The van der Waals surface area contributed by atoms with Crippen LogP contribution in [-0.2, 0) is 6.54 Å². The molecule has 1 aromatic rings. The van der Waals surface area contributed by atoms with Crippen LogP contribution in [0.3, 0.4) is 0 Å². The predicted octanol–water partition coefficient (Wildman–Crippen LogP) is 0.726. The van der Waals surface area contributed by atoms with Gasteiger partial charge in [0.2, 0.25) is 5.95 Å². The highest BCUT2D eigenvalue weighted by atomic mass is 15.3. The summed E-state index contributed by atoms with van der Waals surface area (Å²) in [6.45, 7) is 3.14. The van der Waals surface area contributed by atoms with E-state index in [0.29, 0.717) is 6.04 Å². The van der Waals surface area contributed by atoms with Gasteiger partial charge in [0.25, 0.3) is 0 Å². The van der Waals surface area contributed by atoms with Gasteiger partial charge in [-0.25, -0.2) is 9.97 Å². The minimum absolute atomic E-state index is 0.566. The van der Waals surface area contributed by atoms with Crippen molar-refractivity contribution in [3.05, 3.63) is 18.0 Å². The van der Waals surface area contributed by atoms with E-state index in [1.165, 1.54) is 12.8 Å². The number of likely N-dealkylation sites (tertiary alicyclic amines) is 1. The molecule has 0 atom stereocenters. The van der Waals surface area contributed by atoms with Gasteiger partial charge in [0.15, 0.2) is 0 Å². The van der Waals surface area contributed by atoms with Gasteiger partial charge in [-0.2, -0.15) is 0 Å². The number of piperidine rings is 1. The van der Waals surface area contributed by atoms with Crippen molar-refractivity contribution in [1.29, 1.82) is 0 Å². The molecular formula is C13H23N5. The topological polar surface area (TPSA) is 44.3 Å². The molecule has 5 heteroatoms. The summed E-state index contributed by atoms with van der Waals surface area (Å²) in [6.07, 6.45) is 6.19. The molecule has 0 aromatic carbocycles. The lowest BCUT2D eigenvalue weighted by atomic mass is 10.0. The van der Waals surface area contributed by atoms with E-state index in [1.807, 2.05) is 19.4 Å². The molecule has 0 spiro atoms. The first-order chi connectivity index (χ1) is 8.70.